The third kappa shape index (κ3) is 4.73. The van der Waals surface area contributed by atoms with Gasteiger partial charge in [-0.25, -0.2) is 4.39 Å². The highest BCUT2D eigenvalue weighted by molar-refractivity contribution is 6.31. The molecule has 4 heteroatoms. The van der Waals surface area contributed by atoms with Crippen LogP contribution in [-0.4, -0.2) is 11.4 Å². The van der Waals surface area contributed by atoms with E-state index >= 15 is 0 Å². The molecule has 0 amide bonds. The minimum absolute atomic E-state index is 0.304. The molecule has 0 saturated carbocycles. The van der Waals surface area contributed by atoms with Gasteiger partial charge in [-0.1, -0.05) is 36.7 Å². The van der Waals surface area contributed by atoms with Crippen molar-refractivity contribution in [3.05, 3.63) is 64.4 Å². The molecule has 0 radical (unpaired) electrons. The SMILES string of the molecule is CCCN(Cc1cccc(N)c1)Cc1ccc(F)cc1Cl. The average molecular weight is 307 g/mol. The van der Waals surface area contributed by atoms with Crippen LogP contribution in [0.5, 0.6) is 0 Å². The summed E-state index contributed by atoms with van der Waals surface area (Å²) in [5.41, 5.74) is 8.70. The maximum absolute atomic E-state index is 13.1. The summed E-state index contributed by atoms with van der Waals surface area (Å²) in [5.74, 6) is -0.304. The number of hydrogen-bond donors (Lipinski definition) is 1. The van der Waals surface area contributed by atoms with Gasteiger partial charge in [0.25, 0.3) is 0 Å². The van der Waals surface area contributed by atoms with E-state index in [1.807, 2.05) is 18.2 Å². The molecule has 21 heavy (non-hydrogen) atoms. The Kier molecular flexibility index (Phi) is 5.59. The van der Waals surface area contributed by atoms with Crippen LogP contribution in [-0.2, 0) is 13.1 Å². The Morgan fingerprint density at radius 2 is 1.95 bits per heavy atom. The summed E-state index contributed by atoms with van der Waals surface area (Å²) in [4.78, 5) is 2.29. The molecule has 0 aliphatic carbocycles. The van der Waals surface area contributed by atoms with E-state index in [9.17, 15) is 4.39 Å². The first kappa shape index (κ1) is 15.8. The maximum Gasteiger partial charge on any atom is 0.124 e. The molecule has 2 nitrogen and oxygen atoms in total. The van der Waals surface area contributed by atoms with Crippen LogP contribution in [0.15, 0.2) is 42.5 Å². The molecule has 0 aliphatic heterocycles. The number of benzene rings is 2. The van der Waals surface area contributed by atoms with E-state index in [1.54, 1.807) is 6.07 Å². The first-order valence-electron chi connectivity index (χ1n) is 7.09. The van der Waals surface area contributed by atoms with Gasteiger partial charge in [0, 0.05) is 23.8 Å². The number of halogens is 2. The second-order valence-corrected chi connectivity index (χ2v) is 5.60. The monoisotopic (exact) mass is 306 g/mol. The van der Waals surface area contributed by atoms with Gasteiger partial charge in [-0.05, 0) is 48.4 Å². The van der Waals surface area contributed by atoms with Crippen molar-refractivity contribution in [3.63, 3.8) is 0 Å². The highest BCUT2D eigenvalue weighted by Gasteiger charge is 2.09. The summed E-state index contributed by atoms with van der Waals surface area (Å²) >= 11 is 6.12. The molecule has 112 valence electrons. The Hall–Kier alpha value is -1.58. The van der Waals surface area contributed by atoms with E-state index < -0.39 is 0 Å². The van der Waals surface area contributed by atoms with E-state index in [4.69, 9.17) is 17.3 Å². The Bertz CT molecular complexity index is 601. The largest absolute Gasteiger partial charge is 0.399 e. The van der Waals surface area contributed by atoms with Crippen LogP contribution in [0.3, 0.4) is 0 Å². The van der Waals surface area contributed by atoms with Crippen molar-refractivity contribution in [3.8, 4) is 0 Å². The molecule has 2 N–H and O–H groups in total. The van der Waals surface area contributed by atoms with Crippen LogP contribution in [0.1, 0.15) is 24.5 Å². The van der Waals surface area contributed by atoms with Crippen LogP contribution in [0.2, 0.25) is 5.02 Å². The van der Waals surface area contributed by atoms with Gasteiger partial charge in [0.1, 0.15) is 5.82 Å². The lowest BCUT2D eigenvalue weighted by molar-refractivity contribution is 0.257. The number of rotatable bonds is 6. The van der Waals surface area contributed by atoms with E-state index in [2.05, 4.69) is 17.9 Å². The third-order valence-corrected chi connectivity index (χ3v) is 3.66. The van der Waals surface area contributed by atoms with Crippen LogP contribution in [0, 0.1) is 5.82 Å². The van der Waals surface area contributed by atoms with Crippen molar-refractivity contribution in [2.75, 3.05) is 12.3 Å². The molecule has 2 rings (SSSR count). The third-order valence-electron chi connectivity index (χ3n) is 3.31. The first-order valence-corrected chi connectivity index (χ1v) is 7.47. The normalized spacial score (nSPS) is 11.0. The zero-order chi connectivity index (χ0) is 15.2. The van der Waals surface area contributed by atoms with Gasteiger partial charge < -0.3 is 5.73 Å². The number of anilines is 1. The number of hydrogen-bond acceptors (Lipinski definition) is 2. The first-order chi connectivity index (χ1) is 10.1. The van der Waals surface area contributed by atoms with Crippen LogP contribution in [0.25, 0.3) is 0 Å². The maximum atomic E-state index is 13.1. The molecule has 0 saturated heterocycles. The second-order valence-electron chi connectivity index (χ2n) is 5.19. The quantitative estimate of drug-likeness (QED) is 0.798. The fourth-order valence-corrected chi connectivity index (χ4v) is 2.60. The summed E-state index contributed by atoms with van der Waals surface area (Å²) < 4.78 is 13.1. The van der Waals surface area contributed by atoms with E-state index in [1.165, 1.54) is 17.7 Å². The van der Waals surface area contributed by atoms with Crippen LogP contribution in [0.4, 0.5) is 10.1 Å². The lowest BCUT2D eigenvalue weighted by Gasteiger charge is -2.22. The highest BCUT2D eigenvalue weighted by atomic mass is 35.5. The van der Waals surface area contributed by atoms with Crippen LogP contribution < -0.4 is 5.73 Å². The van der Waals surface area contributed by atoms with Crippen molar-refractivity contribution in [2.45, 2.75) is 26.4 Å². The highest BCUT2D eigenvalue weighted by Crippen LogP contribution is 2.20. The standard InChI is InChI=1S/C17H20ClFN2/c1-2-8-21(11-13-4-3-5-16(20)9-13)12-14-6-7-15(19)10-17(14)18/h3-7,9-10H,2,8,11-12,20H2,1H3. The molecule has 0 aromatic heterocycles. The van der Waals surface area contributed by atoms with Crippen molar-refractivity contribution in [1.82, 2.24) is 4.90 Å². The Labute approximate surface area is 130 Å². The summed E-state index contributed by atoms with van der Waals surface area (Å²) in [6.45, 7) is 4.58. The summed E-state index contributed by atoms with van der Waals surface area (Å²) in [5, 5.41) is 0.476. The lowest BCUT2D eigenvalue weighted by Crippen LogP contribution is -2.23. The topological polar surface area (TPSA) is 29.3 Å². The molecule has 0 aliphatic rings. The lowest BCUT2D eigenvalue weighted by atomic mass is 10.1. The summed E-state index contributed by atoms with van der Waals surface area (Å²) in [6.07, 6.45) is 1.04. The van der Waals surface area contributed by atoms with Gasteiger partial charge in [-0.2, -0.15) is 0 Å². The molecule has 2 aromatic rings. The molecule has 2 aromatic carbocycles. The molecular weight excluding hydrogens is 287 g/mol. The molecule has 0 spiro atoms. The van der Waals surface area contributed by atoms with Crippen molar-refractivity contribution < 1.29 is 4.39 Å². The second kappa shape index (κ2) is 7.43. The smallest absolute Gasteiger partial charge is 0.124 e. The van der Waals surface area contributed by atoms with Crippen molar-refractivity contribution >= 4 is 17.3 Å². The van der Waals surface area contributed by atoms with Gasteiger partial charge in [0.05, 0.1) is 0 Å². The van der Waals surface area contributed by atoms with Gasteiger partial charge in [0.15, 0.2) is 0 Å². The average Bonchev–Trinajstić information content (AvgIpc) is 2.42. The number of nitrogens with two attached hydrogens (primary N) is 1. The van der Waals surface area contributed by atoms with Crippen molar-refractivity contribution in [1.29, 1.82) is 0 Å². The van der Waals surface area contributed by atoms with Gasteiger partial charge in [-0.3, -0.25) is 4.90 Å². The van der Waals surface area contributed by atoms with E-state index in [-0.39, 0.29) is 5.82 Å². The molecule has 0 fully saturated rings. The fraction of sp³-hybridized carbons (Fsp3) is 0.294. The molecule has 0 unspecified atom stereocenters. The Balaban J connectivity index is 2.11. The number of nitrogen functional groups attached to an aromatic ring is 1. The van der Waals surface area contributed by atoms with Crippen molar-refractivity contribution in [2.24, 2.45) is 0 Å². The molecular formula is C17H20ClFN2. The zero-order valence-corrected chi connectivity index (χ0v) is 12.9. The minimum atomic E-state index is -0.304. The summed E-state index contributed by atoms with van der Waals surface area (Å²) in [7, 11) is 0. The predicted molar refractivity (Wildman–Crippen MR) is 86.7 cm³/mol. The van der Waals surface area contributed by atoms with Gasteiger partial charge in [-0.15, -0.1) is 0 Å². The Morgan fingerprint density at radius 1 is 1.14 bits per heavy atom. The summed E-state index contributed by atoms with van der Waals surface area (Å²) in [6, 6.07) is 12.4. The van der Waals surface area contributed by atoms with Crippen LogP contribution >= 0.6 is 11.6 Å². The minimum Gasteiger partial charge on any atom is -0.399 e. The molecule has 0 atom stereocenters. The molecule has 0 heterocycles. The van der Waals surface area contributed by atoms with E-state index in [0.717, 1.165) is 30.8 Å². The molecule has 0 bridgehead atoms. The zero-order valence-electron chi connectivity index (χ0n) is 12.2. The van der Waals surface area contributed by atoms with Gasteiger partial charge >= 0.3 is 0 Å². The Morgan fingerprint density at radius 3 is 2.62 bits per heavy atom. The fourth-order valence-electron chi connectivity index (χ4n) is 2.37. The van der Waals surface area contributed by atoms with E-state index in [0.29, 0.717) is 11.6 Å². The predicted octanol–water partition coefficient (Wildman–Crippen LogP) is 4.47. The van der Waals surface area contributed by atoms with Gasteiger partial charge in [0.2, 0.25) is 0 Å². The number of nitrogens with zero attached hydrogens (tertiary/aromatic N) is 1.